The van der Waals surface area contributed by atoms with E-state index in [1.165, 1.54) is 12.8 Å². The number of nitrogens with two attached hydrogens (primary N) is 1. The smallest absolute Gasteiger partial charge is 0.0503 e. The van der Waals surface area contributed by atoms with E-state index in [4.69, 9.17) is 15.2 Å². The second kappa shape index (κ2) is 8.03. The van der Waals surface area contributed by atoms with Crippen molar-refractivity contribution >= 4 is 0 Å². The molecule has 0 bridgehead atoms. The van der Waals surface area contributed by atoms with Crippen molar-refractivity contribution in [2.45, 2.75) is 25.8 Å². The van der Waals surface area contributed by atoms with Crippen molar-refractivity contribution in [3.63, 3.8) is 0 Å². The van der Waals surface area contributed by atoms with Crippen molar-refractivity contribution in [2.24, 2.45) is 17.6 Å². The monoisotopic (exact) mass is 244 g/mol. The minimum atomic E-state index is 0.457. The van der Waals surface area contributed by atoms with Crippen LogP contribution in [0.5, 0.6) is 0 Å². The molecule has 0 spiro atoms. The molecule has 1 aliphatic heterocycles. The fourth-order valence-corrected chi connectivity index (χ4v) is 2.80. The number of hydrogen-bond donors (Lipinski definition) is 1. The Kier molecular flexibility index (Phi) is 7.04. The number of piperidine rings is 1. The van der Waals surface area contributed by atoms with Crippen LogP contribution in [-0.4, -0.2) is 58.0 Å². The summed E-state index contributed by atoms with van der Waals surface area (Å²) in [7, 11) is 3.55. The molecule has 0 aromatic rings. The third-order valence-corrected chi connectivity index (χ3v) is 3.85. The molecule has 4 nitrogen and oxygen atoms in total. The second-order valence-electron chi connectivity index (χ2n) is 5.17. The molecule has 0 aromatic heterocycles. The zero-order valence-corrected chi connectivity index (χ0v) is 11.5. The van der Waals surface area contributed by atoms with E-state index in [1.54, 1.807) is 14.2 Å². The molecule has 0 saturated carbocycles. The Morgan fingerprint density at radius 2 is 1.88 bits per heavy atom. The minimum Gasteiger partial charge on any atom is -0.384 e. The van der Waals surface area contributed by atoms with Gasteiger partial charge < -0.3 is 15.2 Å². The fraction of sp³-hybridized carbons (Fsp3) is 1.00. The number of rotatable bonds is 7. The first-order chi connectivity index (χ1) is 8.22. The zero-order chi connectivity index (χ0) is 12.7. The van der Waals surface area contributed by atoms with E-state index in [2.05, 4.69) is 11.8 Å². The van der Waals surface area contributed by atoms with Crippen LogP contribution in [-0.2, 0) is 9.47 Å². The Balaban J connectivity index is 2.39. The molecule has 1 aliphatic rings. The first-order valence-electron chi connectivity index (χ1n) is 6.64. The molecule has 17 heavy (non-hydrogen) atoms. The summed E-state index contributed by atoms with van der Waals surface area (Å²) in [6.45, 7) is 6.92. The van der Waals surface area contributed by atoms with E-state index in [1.807, 2.05) is 0 Å². The Bertz CT molecular complexity index is 194. The highest BCUT2D eigenvalue weighted by Gasteiger charge is 2.27. The first kappa shape index (κ1) is 14.9. The van der Waals surface area contributed by atoms with Gasteiger partial charge in [0, 0.05) is 33.4 Å². The molecule has 0 radical (unpaired) electrons. The maximum atomic E-state index is 5.91. The van der Waals surface area contributed by atoms with E-state index >= 15 is 0 Å². The lowest BCUT2D eigenvalue weighted by Gasteiger charge is -2.39. The molecule has 2 N–H and O–H groups in total. The van der Waals surface area contributed by atoms with Crippen LogP contribution in [0.25, 0.3) is 0 Å². The standard InChI is InChI=1S/C13H28N2O2/c1-11(9-16-2)13(8-14)15-6-4-12(5-7-15)10-17-3/h11-13H,4-10,14H2,1-3H3. The molecular weight excluding hydrogens is 216 g/mol. The normalized spacial score (nSPS) is 22.6. The lowest BCUT2D eigenvalue weighted by atomic mass is 9.93. The maximum absolute atomic E-state index is 5.91. The molecule has 2 unspecified atom stereocenters. The van der Waals surface area contributed by atoms with Gasteiger partial charge in [-0.2, -0.15) is 0 Å². The molecule has 0 aliphatic carbocycles. The van der Waals surface area contributed by atoms with Gasteiger partial charge in [-0.1, -0.05) is 6.92 Å². The third kappa shape index (κ3) is 4.54. The van der Waals surface area contributed by atoms with Gasteiger partial charge in [-0.05, 0) is 37.8 Å². The number of hydrogen-bond acceptors (Lipinski definition) is 4. The average molecular weight is 244 g/mol. The molecular formula is C13H28N2O2. The third-order valence-electron chi connectivity index (χ3n) is 3.85. The molecule has 102 valence electrons. The predicted octanol–water partition coefficient (Wildman–Crippen LogP) is 0.955. The second-order valence-corrected chi connectivity index (χ2v) is 5.17. The van der Waals surface area contributed by atoms with Crippen molar-refractivity contribution in [1.29, 1.82) is 0 Å². The van der Waals surface area contributed by atoms with Crippen LogP contribution in [0.2, 0.25) is 0 Å². The number of nitrogens with zero attached hydrogens (tertiary/aromatic N) is 1. The molecule has 1 fully saturated rings. The number of methoxy groups -OCH3 is 2. The number of ether oxygens (including phenoxy) is 2. The fourth-order valence-electron chi connectivity index (χ4n) is 2.80. The van der Waals surface area contributed by atoms with Gasteiger partial charge in [0.25, 0.3) is 0 Å². The summed E-state index contributed by atoms with van der Waals surface area (Å²) in [4.78, 5) is 2.52. The Morgan fingerprint density at radius 3 is 2.35 bits per heavy atom. The lowest BCUT2D eigenvalue weighted by molar-refractivity contribution is 0.0452. The quantitative estimate of drug-likeness (QED) is 0.724. The molecule has 4 heteroatoms. The summed E-state index contributed by atoms with van der Waals surface area (Å²) in [6, 6.07) is 0.457. The zero-order valence-electron chi connectivity index (χ0n) is 11.5. The Morgan fingerprint density at radius 1 is 1.24 bits per heavy atom. The highest BCUT2D eigenvalue weighted by Crippen LogP contribution is 2.21. The topological polar surface area (TPSA) is 47.7 Å². The van der Waals surface area contributed by atoms with Gasteiger partial charge in [0.1, 0.15) is 0 Å². The van der Waals surface area contributed by atoms with Gasteiger partial charge in [0.05, 0.1) is 6.61 Å². The number of likely N-dealkylation sites (tertiary alicyclic amines) is 1. The van der Waals surface area contributed by atoms with Gasteiger partial charge in [0.2, 0.25) is 0 Å². The Labute approximate surface area is 105 Å². The highest BCUT2D eigenvalue weighted by molar-refractivity contribution is 4.82. The molecule has 1 rings (SSSR count). The van der Waals surface area contributed by atoms with Crippen molar-refractivity contribution in [3.8, 4) is 0 Å². The van der Waals surface area contributed by atoms with Crippen molar-refractivity contribution < 1.29 is 9.47 Å². The average Bonchev–Trinajstić information content (AvgIpc) is 2.33. The van der Waals surface area contributed by atoms with Crippen LogP contribution < -0.4 is 5.73 Å². The van der Waals surface area contributed by atoms with E-state index in [0.717, 1.165) is 38.8 Å². The van der Waals surface area contributed by atoms with Crippen LogP contribution in [0.1, 0.15) is 19.8 Å². The van der Waals surface area contributed by atoms with Crippen molar-refractivity contribution in [2.75, 3.05) is 47.1 Å². The first-order valence-corrected chi connectivity index (χ1v) is 6.64. The summed E-state index contributed by atoms with van der Waals surface area (Å²) in [6.07, 6.45) is 2.45. The molecule has 0 aromatic carbocycles. The van der Waals surface area contributed by atoms with Gasteiger partial charge in [-0.15, -0.1) is 0 Å². The largest absolute Gasteiger partial charge is 0.384 e. The summed E-state index contributed by atoms with van der Waals surface area (Å²) in [5.74, 6) is 1.23. The van der Waals surface area contributed by atoms with Gasteiger partial charge in [-0.3, -0.25) is 4.90 Å². The van der Waals surface area contributed by atoms with Gasteiger partial charge in [0.15, 0.2) is 0 Å². The molecule has 2 atom stereocenters. The van der Waals surface area contributed by atoms with Crippen molar-refractivity contribution in [1.82, 2.24) is 4.90 Å². The van der Waals surface area contributed by atoms with E-state index < -0.39 is 0 Å². The SMILES string of the molecule is COCC1CCN(C(CN)C(C)COC)CC1. The van der Waals surface area contributed by atoms with Gasteiger partial charge >= 0.3 is 0 Å². The maximum Gasteiger partial charge on any atom is 0.0503 e. The summed E-state index contributed by atoms with van der Waals surface area (Å²) in [5.41, 5.74) is 5.91. The van der Waals surface area contributed by atoms with Crippen LogP contribution in [0.15, 0.2) is 0 Å². The van der Waals surface area contributed by atoms with Crippen molar-refractivity contribution in [3.05, 3.63) is 0 Å². The van der Waals surface area contributed by atoms with E-state index in [9.17, 15) is 0 Å². The predicted molar refractivity (Wildman–Crippen MR) is 70.1 cm³/mol. The Hall–Kier alpha value is -0.160. The highest BCUT2D eigenvalue weighted by atomic mass is 16.5. The van der Waals surface area contributed by atoms with Crippen LogP contribution in [0.4, 0.5) is 0 Å². The minimum absolute atomic E-state index is 0.457. The van der Waals surface area contributed by atoms with E-state index in [0.29, 0.717) is 12.0 Å². The molecule has 0 amide bonds. The van der Waals surface area contributed by atoms with E-state index in [-0.39, 0.29) is 0 Å². The van der Waals surface area contributed by atoms with Crippen LogP contribution in [0, 0.1) is 11.8 Å². The van der Waals surface area contributed by atoms with Crippen LogP contribution in [0.3, 0.4) is 0 Å². The van der Waals surface area contributed by atoms with Gasteiger partial charge in [-0.25, -0.2) is 0 Å². The van der Waals surface area contributed by atoms with Crippen LogP contribution >= 0.6 is 0 Å². The molecule has 1 saturated heterocycles. The summed E-state index contributed by atoms with van der Waals surface area (Å²) in [5, 5.41) is 0. The summed E-state index contributed by atoms with van der Waals surface area (Å²) >= 11 is 0. The molecule has 1 heterocycles. The summed E-state index contributed by atoms with van der Waals surface area (Å²) < 4.78 is 10.5. The lowest BCUT2D eigenvalue weighted by Crippen LogP contribution is -2.49.